The fraction of sp³-hybridized carbons (Fsp3) is 0.565. The third-order valence-corrected chi connectivity index (χ3v) is 6.14. The number of carbonyl (C=O) groups is 2. The van der Waals surface area contributed by atoms with Crippen LogP contribution in [0.3, 0.4) is 0 Å². The minimum atomic E-state index is -0.423. The van der Waals surface area contributed by atoms with Gasteiger partial charge in [0, 0.05) is 30.8 Å². The molecule has 0 saturated carbocycles. The number of aliphatic hydroxyl groups excluding tert-OH is 1. The standard InChI is InChI=1S/C23H33N3O5/c1-5-31-23(29)20-15(2)25(3)17-9-10-18(30-4)22(21(17)20)24-19(28)14-26-12-7-6-8-16(26)11-13-27/h9-10,16,27H,5-8,11-14H2,1-4H3,(H,24,28)/t16-/m0/s1. The number of ether oxygens (including phenoxy) is 2. The first kappa shape index (κ1) is 23.1. The highest BCUT2D eigenvalue weighted by molar-refractivity contribution is 6.14. The van der Waals surface area contributed by atoms with Crippen molar-refractivity contribution in [2.45, 2.75) is 45.6 Å². The van der Waals surface area contributed by atoms with E-state index in [1.807, 2.05) is 24.6 Å². The number of nitrogens with zero attached hydrogens (tertiary/aromatic N) is 2. The molecule has 2 heterocycles. The number of carbonyl (C=O) groups excluding carboxylic acids is 2. The number of hydrogen-bond donors (Lipinski definition) is 2. The van der Waals surface area contributed by atoms with Gasteiger partial charge in [-0.2, -0.15) is 0 Å². The van der Waals surface area contributed by atoms with E-state index in [2.05, 4.69) is 10.2 Å². The molecule has 1 aliphatic rings. The molecule has 31 heavy (non-hydrogen) atoms. The molecule has 0 spiro atoms. The van der Waals surface area contributed by atoms with Gasteiger partial charge in [0.25, 0.3) is 0 Å². The molecule has 0 radical (unpaired) electrons. The molecule has 0 bridgehead atoms. The number of likely N-dealkylation sites (tertiary alicyclic amines) is 1. The Morgan fingerprint density at radius 3 is 2.74 bits per heavy atom. The number of esters is 1. The van der Waals surface area contributed by atoms with Crippen molar-refractivity contribution in [3.8, 4) is 5.75 Å². The lowest BCUT2D eigenvalue weighted by molar-refractivity contribution is -0.118. The van der Waals surface area contributed by atoms with Crippen LogP contribution in [-0.2, 0) is 16.6 Å². The van der Waals surface area contributed by atoms with Crippen molar-refractivity contribution in [3.05, 3.63) is 23.4 Å². The molecule has 2 aromatic rings. The smallest absolute Gasteiger partial charge is 0.340 e. The van der Waals surface area contributed by atoms with Crippen LogP contribution in [0, 0.1) is 6.92 Å². The summed E-state index contributed by atoms with van der Waals surface area (Å²) < 4.78 is 12.7. The lowest BCUT2D eigenvalue weighted by Gasteiger charge is -2.34. The fourth-order valence-corrected chi connectivity index (χ4v) is 4.49. The second-order valence-electron chi connectivity index (χ2n) is 7.96. The summed E-state index contributed by atoms with van der Waals surface area (Å²) in [6, 6.07) is 3.87. The molecule has 0 unspecified atom stereocenters. The van der Waals surface area contributed by atoms with Gasteiger partial charge < -0.3 is 24.5 Å². The zero-order chi connectivity index (χ0) is 22.5. The van der Waals surface area contributed by atoms with Crippen LogP contribution >= 0.6 is 0 Å². The SMILES string of the molecule is CCOC(=O)c1c(C)n(C)c2ccc(OC)c(NC(=O)CN3CCCC[C@H]3CCO)c12. The van der Waals surface area contributed by atoms with E-state index in [1.54, 1.807) is 20.1 Å². The molecule has 1 saturated heterocycles. The van der Waals surface area contributed by atoms with Gasteiger partial charge in [-0.3, -0.25) is 9.69 Å². The van der Waals surface area contributed by atoms with Crippen molar-refractivity contribution in [1.29, 1.82) is 0 Å². The van der Waals surface area contributed by atoms with E-state index in [4.69, 9.17) is 9.47 Å². The number of hydrogen-bond acceptors (Lipinski definition) is 6. The number of aryl methyl sites for hydroxylation is 1. The average Bonchev–Trinajstić information content (AvgIpc) is 3.01. The van der Waals surface area contributed by atoms with Gasteiger partial charge in [0.2, 0.25) is 5.91 Å². The molecule has 1 atom stereocenters. The van der Waals surface area contributed by atoms with Crippen LogP contribution in [0.15, 0.2) is 12.1 Å². The van der Waals surface area contributed by atoms with Crippen LogP contribution < -0.4 is 10.1 Å². The number of methoxy groups -OCH3 is 1. The minimum absolute atomic E-state index is 0.113. The molecule has 8 heteroatoms. The summed E-state index contributed by atoms with van der Waals surface area (Å²) in [4.78, 5) is 27.9. The van der Waals surface area contributed by atoms with Gasteiger partial charge in [0.15, 0.2) is 0 Å². The number of amides is 1. The van der Waals surface area contributed by atoms with E-state index < -0.39 is 5.97 Å². The number of aromatic nitrogens is 1. The van der Waals surface area contributed by atoms with E-state index in [0.717, 1.165) is 37.0 Å². The third-order valence-electron chi connectivity index (χ3n) is 6.14. The van der Waals surface area contributed by atoms with E-state index in [1.165, 1.54) is 0 Å². The van der Waals surface area contributed by atoms with Crippen molar-refractivity contribution < 1.29 is 24.2 Å². The highest BCUT2D eigenvalue weighted by Gasteiger charge is 2.27. The van der Waals surface area contributed by atoms with Crippen LogP contribution in [0.1, 0.15) is 48.7 Å². The summed E-state index contributed by atoms with van der Waals surface area (Å²) in [6.45, 7) is 5.06. The first-order valence-corrected chi connectivity index (χ1v) is 10.9. The summed E-state index contributed by atoms with van der Waals surface area (Å²) in [6.07, 6.45) is 3.80. The Morgan fingerprint density at radius 1 is 1.29 bits per heavy atom. The summed E-state index contributed by atoms with van der Waals surface area (Å²) in [5.74, 6) is -0.108. The van der Waals surface area contributed by atoms with E-state index >= 15 is 0 Å². The zero-order valence-corrected chi connectivity index (χ0v) is 18.9. The molecule has 2 N–H and O–H groups in total. The maximum atomic E-state index is 13.0. The molecule has 170 valence electrons. The number of piperidine rings is 1. The van der Waals surface area contributed by atoms with Gasteiger partial charge >= 0.3 is 5.97 Å². The Labute approximate surface area is 183 Å². The van der Waals surface area contributed by atoms with Crippen molar-refractivity contribution in [3.63, 3.8) is 0 Å². The molecule has 1 amide bonds. The lowest BCUT2D eigenvalue weighted by Crippen LogP contribution is -2.44. The van der Waals surface area contributed by atoms with Gasteiger partial charge in [0.05, 0.1) is 37.0 Å². The average molecular weight is 432 g/mol. The normalized spacial score (nSPS) is 17.0. The molecule has 0 aliphatic carbocycles. The highest BCUT2D eigenvalue weighted by Crippen LogP contribution is 2.38. The second kappa shape index (κ2) is 10.2. The number of fused-ring (bicyclic) bond motifs is 1. The first-order valence-electron chi connectivity index (χ1n) is 10.9. The van der Waals surface area contributed by atoms with Crippen LogP contribution in [-0.4, -0.2) is 65.9 Å². The number of aliphatic hydroxyl groups is 1. The number of benzene rings is 1. The molecule has 1 aromatic heterocycles. The van der Waals surface area contributed by atoms with Gasteiger partial charge in [-0.15, -0.1) is 0 Å². The van der Waals surface area contributed by atoms with Crippen LogP contribution in [0.4, 0.5) is 5.69 Å². The Bertz CT molecular complexity index is 951. The van der Waals surface area contributed by atoms with Crippen LogP contribution in [0.25, 0.3) is 10.9 Å². The Morgan fingerprint density at radius 2 is 2.06 bits per heavy atom. The minimum Gasteiger partial charge on any atom is -0.495 e. The number of rotatable bonds is 8. The topological polar surface area (TPSA) is 93.0 Å². The van der Waals surface area contributed by atoms with Crippen molar-refractivity contribution in [2.24, 2.45) is 7.05 Å². The first-order chi connectivity index (χ1) is 14.9. The van der Waals surface area contributed by atoms with Crippen LogP contribution in [0.5, 0.6) is 5.75 Å². The van der Waals surface area contributed by atoms with E-state index in [9.17, 15) is 14.7 Å². The van der Waals surface area contributed by atoms with Crippen LogP contribution in [0.2, 0.25) is 0 Å². The predicted molar refractivity (Wildman–Crippen MR) is 120 cm³/mol. The molecule has 8 nitrogen and oxygen atoms in total. The number of anilines is 1. The molecule has 1 aromatic carbocycles. The highest BCUT2D eigenvalue weighted by atomic mass is 16.5. The van der Waals surface area contributed by atoms with Gasteiger partial charge in [-0.05, 0) is 51.8 Å². The Balaban J connectivity index is 1.97. The summed E-state index contributed by atoms with van der Waals surface area (Å²) in [5, 5.41) is 13.0. The van der Waals surface area contributed by atoms with Crippen molar-refractivity contribution in [2.75, 3.05) is 38.7 Å². The predicted octanol–water partition coefficient (Wildman–Crippen LogP) is 2.85. The number of nitrogens with one attached hydrogen (secondary N) is 1. The molecule has 3 rings (SSSR count). The van der Waals surface area contributed by atoms with E-state index in [-0.39, 0.29) is 31.7 Å². The summed E-state index contributed by atoms with van der Waals surface area (Å²) in [7, 11) is 3.42. The molecular formula is C23H33N3O5. The van der Waals surface area contributed by atoms with Gasteiger partial charge in [0.1, 0.15) is 5.75 Å². The Hall–Kier alpha value is -2.58. The fourth-order valence-electron chi connectivity index (χ4n) is 4.49. The van der Waals surface area contributed by atoms with E-state index in [0.29, 0.717) is 28.8 Å². The maximum Gasteiger partial charge on any atom is 0.340 e. The van der Waals surface area contributed by atoms with Crippen molar-refractivity contribution in [1.82, 2.24) is 9.47 Å². The molecule has 1 fully saturated rings. The quantitative estimate of drug-likeness (QED) is 0.625. The zero-order valence-electron chi connectivity index (χ0n) is 18.9. The summed E-state index contributed by atoms with van der Waals surface area (Å²) in [5.41, 5.74) is 2.49. The Kier molecular flexibility index (Phi) is 7.56. The monoisotopic (exact) mass is 431 g/mol. The van der Waals surface area contributed by atoms with Gasteiger partial charge in [-0.25, -0.2) is 4.79 Å². The third kappa shape index (κ3) is 4.70. The lowest BCUT2D eigenvalue weighted by atomic mass is 9.99. The molecular weight excluding hydrogens is 398 g/mol. The summed E-state index contributed by atoms with van der Waals surface area (Å²) >= 11 is 0. The second-order valence-corrected chi connectivity index (χ2v) is 7.96. The largest absolute Gasteiger partial charge is 0.495 e. The van der Waals surface area contributed by atoms with Crippen molar-refractivity contribution >= 4 is 28.5 Å². The molecule has 1 aliphatic heterocycles. The maximum absolute atomic E-state index is 13.0. The van der Waals surface area contributed by atoms with Gasteiger partial charge in [-0.1, -0.05) is 6.42 Å².